The van der Waals surface area contributed by atoms with Crippen LogP contribution in [-0.4, -0.2) is 65.2 Å². The van der Waals surface area contributed by atoms with Crippen molar-refractivity contribution in [2.75, 3.05) is 26.7 Å². The highest BCUT2D eigenvalue weighted by atomic mass is 19.4. The van der Waals surface area contributed by atoms with E-state index < -0.39 is 12.1 Å². The zero-order valence-corrected chi connectivity index (χ0v) is 17.7. The second kappa shape index (κ2) is 10.7. The molecule has 0 radical (unpaired) electrons. The molecule has 9 heteroatoms. The SMILES string of the molecule is C=CCN1C(=O)CCCC12CCCN(Cc1ccc(OC)cc1)C2.O=C(O)C(F)(F)F. The van der Waals surface area contributed by atoms with Gasteiger partial charge in [0.05, 0.1) is 12.6 Å². The van der Waals surface area contributed by atoms with E-state index in [2.05, 4.69) is 28.5 Å². The van der Waals surface area contributed by atoms with E-state index in [-0.39, 0.29) is 5.54 Å². The molecular weight excluding hydrogens is 413 g/mol. The fourth-order valence-electron chi connectivity index (χ4n) is 4.28. The molecule has 0 aromatic heterocycles. The van der Waals surface area contributed by atoms with Gasteiger partial charge < -0.3 is 14.7 Å². The van der Waals surface area contributed by atoms with Gasteiger partial charge in [-0.1, -0.05) is 18.2 Å². The van der Waals surface area contributed by atoms with Crippen molar-refractivity contribution in [3.8, 4) is 5.75 Å². The average Bonchev–Trinajstić information content (AvgIpc) is 2.71. The maximum Gasteiger partial charge on any atom is 0.490 e. The molecule has 1 amide bonds. The lowest BCUT2D eigenvalue weighted by molar-refractivity contribution is -0.192. The summed E-state index contributed by atoms with van der Waals surface area (Å²) in [6, 6.07) is 8.30. The average molecular weight is 442 g/mol. The molecule has 1 unspecified atom stereocenters. The number of carbonyl (C=O) groups excluding carboxylic acids is 1. The number of aliphatic carboxylic acids is 1. The molecule has 2 aliphatic heterocycles. The van der Waals surface area contributed by atoms with Gasteiger partial charge in [0.15, 0.2) is 0 Å². The fourth-order valence-corrected chi connectivity index (χ4v) is 4.28. The van der Waals surface area contributed by atoms with E-state index in [1.54, 1.807) is 7.11 Å². The number of carboxylic acid groups (broad SMARTS) is 1. The third-order valence-corrected chi connectivity index (χ3v) is 5.66. The first kappa shape index (κ1) is 24.7. The van der Waals surface area contributed by atoms with Gasteiger partial charge in [-0.05, 0) is 49.9 Å². The van der Waals surface area contributed by atoms with Crippen molar-refractivity contribution < 1.29 is 32.6 Å². The predicted molar refractivity (Wildman–Crippen MR) is 110 cm³/mol. The maximum atomic E-state index is 12.4. The van der Waals surface area contributed by atoms with Crippen LogP contribution in [0.3, 0.4) is 0 Å². The van der Waals surface area contributed by atoms with Gasteiger partial charge in [0.1, 0.15) is 5.75 Å². The van der Waals surface area contributed by atoms with Crippen molar-refractivity contribution in [2.24, 2.45) is 0 Å². The molecule has 3 rings (SSSR count). The van der Waals surface area contributed by atoms with E-state index in [9.17, 15) is 18.0 Å². The Morgan fingerprint density at radius 3 is 2.42 bits per heavy atom. The van der Waals surface area contributed by atoms with Crippen LogP contribution in [0.2, 0.25) is 0 Å². The van der Waals surface area contributed by atoms with Crippen molar-refractivity contribution >= 4 is 11.9 Å². The molecule has 2 fully saturated rings. The Kier molecular flexibility index (Phi) is 8.50. The Hall–Kier alpha value is -2.55. The maximum absolute atomic E-state index is 12.4. The number of rotatable bonds is 5. The predicted octanol–water partition coefficient (Wildman–Crippen LogP) is 3.86. The number of halogens is 3. The summed E-state index contributed by atoms with van der Waals surface area (Å²) in [6.07, 6.45) is 1.87. The summed E-state index contributed by atoms with van der Waals surface area (Å²) in [5.41, 5.74) is 1.30. The summed E-state index contributed by atoms with van der Waals surface area (Å²) in [4.78, 5) is 25.9. The standard InChI is InChI=1S/C20H28N2O2.C2HF3O2/c1-3-13-22-19(23)6-4-11-20(22)12-5-14-21(16-20)15-17-7-9-18(24-2)10-8-17;3-2(4,5)1(6)7/h3,7-10H,1,4-6,11-16H2,2H3;(H,6,7). The van der Waals surface area contributed by atoms with E-state index in [1.807, 2.05) is 18.2 Å². The second-order valence-corrected chi connectivity index (χ2v) is 7.84. The number of methoxy groups -OCH3 is 1. The van der Waals surface area contributed by atoms with Gasteiger partial charge in [0.25, 0.3) is 0 Å². The van der Waals surface area contributed by atoms with Gasteiger partial charge in [-0.3, -0.25) is 9.69 Å². The van der Waals surface area contributed by atoms with Gasteiger partial charge in [0.2, 0.25) is 5.91 Å². The Labute approximate surface area is 180 Å². The van der Waals surface area contributed by atoms with Gasteiger partial charge in [0, 0.05) is 26.1 Å². The van der Waals surface area contributed by atoms with E-state index in [1.165, 1.54) is 5.56 Å². The highest BCUT2D eigenvalue weighted by Crippen LogP contribution is 2.37. The summed E-state index contributed by atoms with van der Waals surface area (Å²) in [6.45, 7) is 7.53. The molecule has 1 N–H and O–H groups in total. The van der Waals surface area contributed by atoms with E-state index in [4.69, 9.17) is 14.6 Å². The van der Waals surface area contributed by atoms with E-state index in [0.717, 1.165) is 51.1 Å². The minimum atomic E-state index is -5.08. The lowest BCUT2D eigenvalue weighted by Gasteiger charge is -2.52. The van der Waals surface area contributed by atoms with Gasteiger partial charge in [-0.2, -0.15) is 13.2 Å². The first-order valence-electron chi connectivity index (χ1n) is 10.2. The summed E-state index contributed by atoms with van der Waals surface area (Å²) >= 11 is 0. The van der Waals surface area contributed by atoms with Crippen LogP contribution in [0.1, 0.15) is 37.7 Å². The van der Waals surface area contributed by atoms with Crippen LogP contribution in [0.15, 0.2) is 36.9 Å². The third kappa shape index (κ3) is 6.72. The van der Waals surface area contributed by atoms with Crippen LogP contribution in [0.4, 0.5) is 13.2 Å². The number of nitrogens with zero attached hydrogens (tertiary/aromatic N) is 2. The number of carbonyl (C=O) groups is 2. The molecule has 0 saturated carbocycles. The Morgan fingerprint density at radius 2 is 1.87 bits per heavy atom. The molecule has 1 atom stereocenters. The number of hydrogen-bond donors (Lipinski definition) is 1. The highest BCUT2D eigenvalue weighted by Gasteiger charge is 2.44. The number of benzene rings is 1. The quantitative estimate of drug-likeness (QED) is 0.702. The molecule has 31 heavy (non-hydrogen) atoms. The topological polar surface area (TPSA) is 70.1 Å². The number of carboxylic acids is 1. The summed E-state index contributed by atoms with van der Waals surface area (Å²) < 4.78 is 37.0. The minimum absolute atomic E-state index is 0.00818. The van der Waals surface area contributed by atoms with Crippen molar-refractivity contribution in [1.29, 1.82) is 0 Å². The van der Waals surface area contributed by atoms with Crippen LogP contribution in [-0.2, 0) is 16.1 Å². The van der Waals surface area contributed by atoms with Gasteiger partial charge in [-0.15, -0.1) is 6.58 Å². The third-order valence-electron chi connectivity index (χ3n) is 5.66. The first-order valence-corrected chi connectivity index (χ1v) is 10.2. The van der Waals surface area contributed by atoms with E-state index >= 15 is 0 Å². The van der Waals surface area contributed by atoms with Crippen molar-refractivity contribution in [3.05, 3.63) is 42.5 Å². The Morgan fingerprint density at radius 1 is 1.26 bits per heavy atom. The van der Waals surface area contributed by atoms with Crippen LogP contribution < -0.4 is 4.74 Å². The smallest absolute Gasteiger partial charge is 0.490 e. The number of ether oxygens (including phenoxy) is 1. The zero-order valence-electron chi connectivity index (χ0n) is 17.7. The van der Waals surface area contributed by atoms with Crippen molar-refractivity contribution in [3.63, 3.8) is 0 Å². The molecule has 1 aromatic carbocycles. The summed E-state index contributed by atoms with van der Waals surface area (Å²) in [5.74, 6) is -1.57. The Bertz CT molecular complexity index is 763. The number of hydrogen-bond acceptors (Lipinski definition) is 4. The molecule has 1 aromatic rings. The van der Waals surface area contributed by atoms with Crippen molar-refractivity contribution in [2.45, 2.75) is 50.4 Å². The molecule has 0 bridgehead atoms. The largest absolute Gasteiger partial charge is 0.497 e. The second-order valence-electron chi connectivity index (χ2n) is 7.84. The molecule has 2 aliphatic rings. The fraction of sp³-hybridized carbons (Fsp3) is 0.545. The molecule has 172 valence electrons. The monoisotopic (exact) mass is 442 g/mol. The highest BCUT2D eigenvalue weighted by molar-refractivity contribution is 5.78. The molecular formula is C22H29F3N2O4. The molecule has 2 heterocycles. The number of amides is 1. The number of likely N-dealkylation sites (tertiary alicyclic amines) is 2. The van der Waals surface area contributed by atoms with Gasteiger partial charge >= 0.3 is 12.1 Å². The van der Waals surface area contributed by atoms with Gasteiger partial charge in [-0.25, -0.2) is 4.79 Å². The molecule has 1 spiro atoms. The zero-order chi connectivity index (χ0) is 23.1. The van der Waals surface area contributed by atoms with E-state index in [0.29, 0.717) is 18.9 Å². The Balaban J connectivity index is 0.000000423. The summed E-state index contributed by atoms with van der Waals surface area (Å²) in [5, 5.41) is 7.12. The van der Waals surface area contributed by atoms with Crippen LogP contribution in [0, 0.1) is 0 Å². The lowest BCUT2D eigenvalue weighted by atomic mass is 9.79. The minimum Gasteiger partial charge on any atom is -0.497 e. The molecule has 0 aliphatic carbocycles. The van der Waals surface area contributed by atoms with Crippen LogP contribution in [0.25, 0.3) is 0 Å². The normalized spacial score (nSPS) is 21.9. The lowest BCUT2D eigenvalue weighted by Crippen LogP contribution is -2.62. The van der Waals surface area contributed by atoms with Crippen LogP contribution in [0.5, 0.6) is 5.75 Å². The van der Waals surface area contributed by atoms with Crippen LogP contribution >= 0.6 is 0 Å². The first-order chi connectivity index (χ1) is 14.6. The number of alkyl halides is 3. The summed E-state index contributed by atoms with van der Waals surface area (Å²) in [7, 11) is 1.69. The molecule has 6 nitrogen and oxygen atoms in total. The molecule has 2 saturated heterocycles. The number of piperidine rings is 2. The van der Waals surface area contributed by atoms with Crippen molar-refractivity contribution in [1.82, 2.24) is 9.80 Å².